The van der Waals surface area contributed by atoms with Crippen molar-refractivity contribution in [2.75, 3.05) is 6.61 Å². The fraction of sp³-hybridized carbons (Fsp3) is 0.500. The van der Waals surface area contributed by atoms with E-state index in [9.17, 15) is 4.79 Å². The summed E-state index contributed by atoms with van der Waals surface area (Å²) in [6.45, 7) is 10.4. The number of amides is 1. The molecule has 0 bridgehead atoms. The summed E-state index contributed by atoms with van der Waals surface area (Å²) < 4.78 is 0. The van der Waals surface area contributed by atoms with Crippen LogP contribution in [-0.4, -0.2) is 23.7 Å². The molecular weight excluding hydrogens is 262 g/mol. The number of hydrogen-bond donors (Lipinski definition) is 2. The van der Waals surface area contributed by atoms with E-state index in [1.807, 2.05) is 25.1 Å². The Balaban J connectivity index is 2.22. The molecule has 2 N–H and O–H groups in total. The number of carbonyl (C=O) groups excluding carboxylic acids is 1. The zero-order valence-electron chi connectivity index (χ0n) is 13.4. The number of aliphatic hydroxyl groups excluding tert-OH is 1. The van der Waals surface area contributed by atoms with Gasteiger partial charge in [-0.3, -0.25) is 4.79 Å². The molecule has 1 fully saturated rings. The summed E-state index contributed by atoms with van der Waals surface area (Å²) in [5.74, 6) is 5.45. The predicted molar refractivity (Wildman–Crippen MR) is 84.0 cm³/mol. The molecule has 1 aliphatic rings. The van der Waals surface area contributed by atoms with E-state index in [0.29, 0.717) is 5.56 Å². The molecule has 3 nitrogen and oxygen atoms in total. The van der Waals surface area contributed by atoms with Gasteiger partial charge in [-0.25, -0.2) is 0 Å². The fourth-order valence-corrected chi connectivity index (χ4v) is 2.92. The van der Waals surface area contributed by atoms with E-state index in [1.165, 1.54) is 0 Å². The first kappa shape index (κ1) is 15.6. The quantitative estimate of drug-likeness (QED) is 0.820. The normalized spacial score (nSPS) is 18.6. The molecule has 0 spiro atoms. The second kappa shape index (κ2) is 5.20. The predicted octanol–water partition coefficient (Wildman–Crippen LogP) is 2.50. The Labute approximate surface area is 126 Å². The van der Waals surface area contributed by atoms with Gasteiger partial charge >= 0.3 is 0 Å². The molecule has 0 atom stereocenters. The molecule has 2 rings (SSSR count). The van der Waals surface area contributed by atoms with Crippen LogP contribution in [0.25, 0.3) is 0 Å². The first-order chi connectivity index (χ1) is 9.73. The number of aliphatic hydroxyl groups is 1. The molecule has 112 valence electrons. The summed E-state index contributed by atoms with van der Waals surface area (Å²) in [7, 11) is 0. The van der Waals surface area contributed by atoms with Gasteiger partial charge in [0.15, 0.2) is 0 Å². The summed E-state index contributed by atoms with van der Waals surface area (Å²) in [4.78, 5) is 12.5. The van der Waals surface area contributed by atoms with Gasteiger partial charge in [0.25, 0.3) is 5.91 Å². The van der Waals surface area contributed by atoms with Crippen LogP contribution in [0.5, 0.6) is 0 Å². The lowest BCUT2D eigenvalue weighted by Gasteiger charge is -2.10. The van der Waals surface area contributed by atoms with Crippen molar-refractivity contribution < 1.29 is 9.90 Å². The van der Waals surface area contributed by atoms with E-state index in [-0.39, 0.29) is 29.4 Å². The highest BCUT2D eigenvalue weighted by Crippen LogP contribution is 2.62. The Morgan fingerprint density at radius 2 is 1.90 bits per heavy atom. The van der Waals surface area contributed by atoms with E-state index in [0.717, 1.165) is 11.1 Å². The number of hydrogen-bond acceptors (Lipinski definition) is 2. The van der Waals surface area contributed by atoms with E-state index in [2.05, 4.69) is 44.9 Å². The standard InChI is InChI=1S/C18H23NO2/c1-12-13(9-7-11-20)8-6-10-14(12)15(21)19-16-17(2,3)18(16,4)5/h6,8,10,16,20H,11H2,1-5H3,(H,19,21). The van der Waals surface area contributed by atoms with Crippen LogP contribution >= 0.6 is 0 Å². The minimum Gasteiger partial charge on any atom is -0.384 e. The summed E-state index contributed by atoms with van der Waals surface area (Å²) in [6.07, 6.45) is 0. The van der Waals surface area contributed by atoms with Crippen LogP contribution in [0.3, 0.4) is 0 Å². The molecular formula is C18H23NO2. The molecule has 0 heterocycles. The van der Waals surface area contributed by atoms with Crippen LogP contribution < -0.4 is 5.32 Å². The lowest BCUT2D eigenvalue weighted by molar-refractivity contribution is 0.0943. The van der Waals surface area contributed by atoms with Crippen molar-refractivity contribution in [2.45, 2.75) is 40.7 Å². The smallest absolute Gasteiger partial charge is 0.251 e. The monoisotopic (exact) mass is 285 g/mol. The Bertz CT molecular complexity index is 618. The average Bonchev–Trinajstić information content (AvgIpc) is 2.80. The Morgan fingerprint density at radius 3 is 2.43 bits per heavy atom. The zero-order chi connectivity index (χ0) is 15.8. The van der Waals surface area contributed by atoms with Crippen LogP contribution in [0.15, 0.2) is 18.2 Å². The van der Waals surface area contributed by atoms with Crippen molar-refractivity contribution in [3.05, 3.63) is 34.9 Å². The van der Waals surface area contributed by atoms with Crippen molar-refractivity contribution >= 4 is 5.91 Å². The second-order valence-corrected chi connectivity index (χ2v) is 6.79. The Morgan fingerprint density at radius 1 is 1.29 bits per heavy atom. The molecule has 3 heteroatoms. The van der Waals surface area contributed by atoms with Crippen LogP contribution in [0.4, 0.5) is 0 Å². The Hall–Kier alpha value is -1.79. The van der Waals surface area contributed by atoms with Crippen molar-refractivity contribution in [3.8, 4) is 11.8 Å². The Kier molecular flexibility index (Phi) is 3.86. The SMILES string of the molecule is Cc1c(C#CCO)cccc1C(=O)NC1C(C)(C)C1(C)C. The largest absolute Gasteiger partial charge is 0.384 e. The molecule has 0 saturated heterocycles. The van der Waals surface area contributed by atoms with Crippen LogP contribution in [-0.2, 0) is 0 Å². The van der Waals surface area contributed by atoms with Crippen LogP contribution in [0.2, 0.25) is 0 Å². The van der Waals surface area contributed by atoms with Crippen molar-refractivity contribution in [3.63, 3.8) is 0 Å². The van der Waals surface area contributed by atoms with Gasteiger partial charge < -0.3 is 10.4 Å². The zero-order valence-corrected chi connectivity index (χ0v) is 13.4. The van der Waals surface area contributed by atoms with Crippen LogP contribution in [0.1, 0.15) is 49.2 Å². The number of nitrogens with one attached hydrogen (secondary N) is 1. The molecule has 1 saturated carbocycles. The lowest BCUT2D eigenvalue weighted by atomic mass is 10.0. The minimum absolute atomic E-state index is 0.0520. The first-order valence-corrected chi connectivity index (χ1v) is 7.23. The van der Waals surface area contributed by atoms with Gasteiger partial charge in [0.1, 0.15) is 6.61 Å². The maximum absolute atomic E-state index is 12.5. The van der Waals surface area contributed by atoms with Gasteiger partial charge in [0, 0.05) is 17.2 Å². The topological polar surface area (TPSA) is 49.3 Å². The van der Waals surface area contributed by atoms with Crippen molar-refractivity contribution in [1.29, 1.82) is 0 Å². The van der Waals surface area contributed by atoms with Gasteiger partial charge in [0.2, 0.25) is 0 Å². The number of benzene rings is 1. The van der Waals surface area contributed by atoms with Crippen LogP contribution in [0, 0.1) is 29.6 Å². The summed E-state index contributed by atoms with van der Waals surface area (Å²) in [6, 6.07) is 5.69. The lowest BCUT2D eigenvalue weighted by Crippen LogP contribution is -2.30. The number of carbonyl (C=O) groups is 1. The molecule has 1 aliphatic carbocycles. The molecule has 1 aromatic carbocycles. The third kappa shape index (κ3) is 2.56. The maximum Gasteiger partial charge on any atom is 0.251 e. The van der Waals surface area contributed by atoms with Gasteiger partial charge in [-0.05, 0) is 35.4 Å². The van der Waals surface area contributed by atoms with Gasteiger partial charge in [-0.2, -0.15) is 0 Å². The van der Waals surface area contributed by atoms with Crippen molar-refractivity contribution in [2.24, 2.45) is 10.8 Å². The van der Waals surface area contributed by atoms with Gasteiger partial charge in [-0.1, -0.05) is 45.6 Å². The van der Waals surface area contributed by atoms with E-state index >= 15 is 0 Å². The summed E-state index contributed by atoms with van der Waals surface area (Å²) in [5, 5.41) is 11.9. The minimum atomic E-state index is -0.180. The first-order valence-electron chi connectivity index (χ1n) is 7.23. The highest BCUT2D eigenvalue weighted by molar-refractivity contribution is 5.96. The fourth-order valence-electron chi connectivity index (χ4n) is 2.92. The molecule has 1 aromatic rings. The maximum atomic E-state index is 12.5. The third-order valence-corrected chi connectivity index (χ3v) is 5.18. The van der Waals surface area contributed by atoms with E-state index in [4.69, 9.17) is 5.11 Å². The molecule has 0 unspecified atom stereocenters. The highest BCUT2D eigenvalue weighted by Gasteiger charge is 2.65. The van der Waals surface area contributed by atoms with E-state index in [1.54, 1.807) is 0 Å². The average molecular weight is 285 g/mol. The van der Waals surface area contributed by atoms with Crippen molar-refractivity contribution in [1.82, 2.24) is 5.32 Å². The molecule has 21 heavy (non-hydrogen) atoms. The summed E-state index contributed by atoms with van der Waals surface area (Å²) >= 11 is 0. The second-order valence-electron chi connectivity index (χ2n) is 6.79. The molecule has 1 amide bonds. The van der Waals surface area contributed by atoms with Gasteiger partial charge in [0.05, 0.1) is 0 Å². The molecule has 0 aromatic heterocycles. The molecule has 0 aliphatic heterocycles. The highest BCUT2D eigenvalue weighted by atomic mass is 16.2. The third-order valence-electron chi connectivity index (χ3n) is 5.18. The van der Waals surface area contributed by atoms with E-state index < -0.39 is 0 Å². The summed E-state index contributed by atoms with van der Waals surface area (Å²) in [5.41, 5.74) is 2.52. The van der Waals surface area contributed by atoms with Gasteiger partial charge in [-0.15, -0.1) is 0 Å². The molecule has 0 radical (unpaired) electrons. The number of rotatable bonds is 2.